The van der Waals surface area contributed by atoms with E-state index in [2.05, 4.69) is 15.5 Å². The standard InChI is InChI=1S/C23H21ClFN5O2/c1-14-22(24)15(2)30(28-14)21-9-6-17(12-20(21)25)27-23(31)16-4-7-19(8-5-16)32-13-18-10-11-26-29(18)3/h4-12H,13H2,1-3H3,(H,27,31). The van der Waals surface area contributed by atoms with Gasteiger partial charge in [0.2, 0.25) is 0 Å². The highest BCUT2D eigenvalue weighted by atomic mass is 35.5. The third-order valence-corrected chi connectivity index (χ3v) is 5.61. The summed E-state index contributed by atoms with van der Waals surface area (Å²) in [6.07, 6.45) is 1.70. The highest BCUT2D eigenvalue weighted by molar-refractivity contribution is 6.31. The maximum atomic E-state index is 14.7. The van der Waals surface area contributed by atoms with Crippen molar-refractivity contribution in [1.82, 2.24) is 19.6 Å². The first-order valence-corrected chi connectivity index (χ1v) is 10.2. The Morgan fingerprint density at radius 3 is 2.50 bits per heavy atom. The summed E-state index contributed by atoms with van der Waals surface area (Å²) in [5.41, 5.74) is 3.21. The lowest BCUT2D eigenvalue weighted by molar-refractivity contribution is 0.102. The van der Waals surface area contributed by atoms with Gasteiger partial charge in [-0.05, 0) is 62.4 Å². The van der Waals surface area contributed by atoms with Crippen LogP contribution in [0.2, 0.25) is 5.02 Å². The minimum absolute atomic E-state index is 0.255. The van der Waals surface area contributed by atoms with Crippen LogP contribution in [0.3, 0.4) is 0 Å². The van der Waals surface area contributed by atoms with Gasteiger partial charge in [0.25, 0.3) is 5.91 Å². The molecule has 32 heavy (non-hydrogen) atoms. The highest BCUT2D eigenvalue weighted by Crippen LogP contribution is 2.25. The number of nitrogens with one attached hydrogen (secondary N) is 1. The van der Waals surface area contributed by atoms with Crippen LogP contribution in [0.25, 0.3) is 5.69 Å². The molecule has 2 aromatic carbocycles. The van der Waals surface area contributed by atoms with Gasteiger partial charge in [-0.1, -0.05) is 11.6 Å². The summed E-state index contributed by atoms with van der Waals surface area (Å²) < 4.78 is 23.6. The Morgan fingerprint density at radius 1 is 1.16 bits per heavy atom. The number of aryl methyl sites for hydroxylation is 2. The van der Waals surface area contributed by atoms with Crippen LogP contribution in [0.5, 0.6) is 5.75 Å². The molecule has 2 aromatic heterocycles. The lowest BCUT2D eigenvalue weighted by Crippen LogP contribution is -2.12. The molecule has 0 fully saturated rings. The number of carbonyl (C=O) groups is 1. The van der Waals surface area contributed by atoms with Gasteiger partial charge in [-0.15, -0.1) is 0 Å². The van der Waals surface area contributed by atoms with Gasteiger partial charge in [0.1, 0.15) is 18.0 Å². The van der Waals surface area contributed by atoms with Crippen molar-refractivity contribution in [1.29, 1.82) is 0 Å². The number of ether oxygens (including phenoxy) is 1. The van der Waals surface area contributed by atoms with Crippen molar-refractivity contribution in [3.63, 3.8) is 0 Å². The van der Waals surface area contributed by atoms with Crippen molar-refractivity contribution in [2.45, 2.75) is 20.5 Å². The Labute approximate surface area is 189 Å². The number of rotatable bonds is 6. The number of aromatic nitrogens is 4. The summed E-state index contributed by atoms with van der Waals surface area (Å²) in [7, 11) is 1.84. The van der Waals surface area contributed by atoms with Gasteiger partial charge < -0.3 is 10.1 Å². The van der Waals surface area contributed by atoms with E-state index in [0.717, 1.165) is 5.69 Å². The average Bonchev–Trinajstić information content (AvgIpc) is 3.30. The molecule has 9 heteroatoms. The van der Waals surface area contributed by atoms with Crippen LogP contribution in [0, 0.1) is 19.7 Å². The van der Waals surface area contributed by atoms with Gasteiger partial charge in [-0.2, -0.15) is 10.2 Å². The number of halogens is 2. The minimum atomic E-state index is -0.524. The number of carbonyl (C=O) groups excluding carboxylic acids is 1. The van der Waals surface area contributed by atoms with Gasteiger partial charge in [-0.3, -0.25) is 9.48 Å². The molecule has 0 aliphatic rings. The van der Waals surface area contributed by atoms with Gasteiger partial charge in [-0.25, -0.2) is 9.07 Å². The Balaban J connectivity index is 1.42. The molecule has 0 atom stereocenters. The number of amides is 1. The molecule has 0 spiro atoms. The Kier molecular flexibility index (Phi) is 5.96. The summed E-state index contributed by atoms with van der Waals surface area (Å²) in [4.78, 5) is 12.6. The fourth-order valence-corrected chi connectivity index (χ4v) is 3.34. The molecule has 1 amide bonds. The molecule has 0 saturated heterocycles. The molecule has 0 radical (unpaired) electrons. The first-order chi connectivity index (χ1) is 15.3. The van der Waals surface area contributed by atoms with Crippen molar-refractivity contribution in [2.24, 2.45) is 7.05 Å². The number of hydrogen-bond donors (Lipinski definition) is 1. The second-order valence-electron chi connectivity index (χ2n) is 7.28. The van der Waals surface area contributed by atoms with Crippen LogP contribution in [0.1, 0.15) is 27.4 Å². The molecule has 4 rings (SSSR count). The second kappa shape index (κ2) is 8.84. The van der Waals surface area contributed by atoms with Crippen LogP contribution >= 0.6 is 11.6 Å². The van der Waals surface area contributed by atoms with Crippen molar-refractivity contribution in [2.75, 3.05) is 5.32 Å². The third kappa shape index (κ3) is 4.36. The maximum absolute atomic E-state index is 14.7. The van der Waals surface area contributed by atoms with E-state index in [4.69, 9.17) is 16.3 Å². The van der Waals surface area contributed by atoms with E-state index in [1.165, 1.54) is 10.7 Å². The van der Waals surface area contributed by atoms with Gasteiger partial charge >= 0.3 is 0 Å². The van der Waals surface area contributed by atoms with Crippen molar-refractivity contribution in [3.05, 3.63) is 88.2 Å². The highest BCUT2D eigenvalue weighted by Gasteiger charge is 2.15. The monoisotopic (exact) mass is 453 g/mol. The Morgan fingerprint density at radius 2 is 1.91 bits per heavy atom. The van der Waals surface area contributed by atoms with Crippen LogP contribution in [-0.4, -0.2) is 25.5 Å². The molecule has 0 aliphatic carbocycles. The molecule has 2 heterocycles. The molecule has 7 nitrogen and oxygen atoms in total. The van der Waals surface area contributed by atoms with E-state index in [9.17, 15) is 9.18 Å². The van der Waals surface area contributed by atoms with E-state index in [1.807, 2.05) is 13.1 Å². The fraction of sp³-hybridized carbons (Fsp3) is 0.174. The zero-order chi connectivity index (χ0) is 22.8. The van der Waals surface area contributed by atoms with Crippen LogP contribution in [-0.2, 0) is 13.7 Å². The van der Waals surface area contributed by atoms with E-state index in [0.29, 0.717) is 40.0 Å². The number of anilines is 1. The molecule has 4 aromatic rings. The molecule has 0 saturated carbocycles. The number of hydrogen-bond acceptors (Lipinski definition) is 4. The molecule has 0 unspecified atom stereocenters. The first kappa shape index (κ1) is 21.6. The largest absolute Gasteiger partial charge is 0.487 e. The summed E-state index contributed by atoms with van der Waals surface area (Å²) in [6, 6.07) is 13.0. The third-order valence-electron chi connectivity index (χ3n) is 5.06. The summed E-state index contributed by atoms with van der Waals surface area (Å²) in [5, 5.41) is 11.6. The van der Waals surface area contributed by atoms with Gasteiger partial charge in [0.05, 0.1) is 22.1 Å². The van der Waals surface area contributed by atoms with E-state index in [-0.39, 0.29) is 11.6 Å². The molecular formula is C23H21ClFN5O2. The molecular weight excluding hydrogens is 433 g/mol. The fourth-order valence-electron chi connectivity index (χ4n) is 3.22. The summed E-state index contributed by atoms with van der Waals surface area (Å²) in [6.45, 7) is 3.89. The topological polar surface area (TPSA) is 74.0 Å². The number of benzene rings is 2. The Bertz CT molecular complexity index is 1280. The normalized spacial score (nSPS) is 10.9. The molecule has 1 N–H and O–H groups in total. The second-order valence-corrected chi connectivity index (χ2v) is 7.65. The smallest absolute Gasteiger partial charge is 0.255 e. The first-order valence-electron chi connectivity index (χ1n) is 9.86. The van der Waals surface area contributed by atoms with Gasteiger partial charge in [0, 0.05) is 24.5 Å². The zero-order valence-corrected chi connectivity index (χ0v) is 18.5. The quantitative estimate of drug-likeness (QED) is 0.453. The van der Waals surface area contributed by atoms with Crippen LogP contribution in [0.4, 0.5) is 10.1 Å². The molecule has 164 valence electrons. The van der Waals surface area contributed by atoms with Gasteiger partial charge in [0.15, 0.2) is 5.82 Å². The predicted octanol–water partition coefficient (Wildman–Crippen LogP) is 4.85. The predicted molar refractivity (Wildman–Crippen MR) is 120 cm³/mol. The number of nitrogens with zero attached hydrogens (tertiary/aromatic N) is 4. The van der Waals surface area contributed by atoms with E-state index < -0.39 is 5.82 Å². The lowest BCUT2D eigenvalue weighted by Gasteiger charge is -2.10. The summed E-state index contributed by atoms with van der Waals surface area (Å²) >= 11 is 6.16. The molecule has 0 bridgehead atoms. The SMILES string of the molecule is Cc1nn(-c2ccc(NC(=O)c3ccc(OCc4ccnn4C)cc3)cc2F)c(C)c1Cl. The Hall–Kier alpha value is -3.65. The van der Waals surface area contributed by atoms with Crippen molar-refractivity contribution < 1.29 is 13.9 Å². The lowest BCUT2D eigenvalue weighted by atomic mass is 10.2. The van der Waals surface area contributed by atoms with E-state index in [1.54, 1.807) is 61.1 Å². The summed E-state index contributed by atoms with van der Waals surface area (Å²) in [5.74, 6) is -0.254. The zero-order valence-electron chi connectivity index (χ0n) is 17.8. The van der Waals surface area contributed by atoms with Crippen LogP contribution in [0.15, 0.2) is 54.7 Å². The van der Waals surface area contributed by atoms with Crippen molar-refractivity contribution >= 4 is 23.2 Å². The van der Waals surface area contributed by atoms with Crippen LogP contribution < -0.4 is 10.1 Å². The van der Waals surface area contributed by atoms with E-state index >= 15 is 0 Å². The van der Waals surface area contributed by atoms with Crippen molar-refractivity contribution in [3.8, 4) is 11.4 Å². The molecule has 0 aliphatic heterocycles. The maximum Gasteiger partial charge on any atom is 0.255 e. The minimum Gasteiger partial charge on any atom is -0.487 e. The average molecular weight is 454 g/mol.